The number of methoxy groups -OCH3 is 2. The third-order valence-corrected chi connectivity index (χ3v) is 6.82. The minimum atomic E-state index is -1.14. The maximum atomic E-state index is 12.8. The molecule has 0 aliphatic carbocycles. The highest BCUT2D eigenvalue weighted by atomic mass is 16.6. The Morgan fingerprint density at radius 1 is 0.976 bits per heavy atom. The van der Waals surface area contributed by atoms with Crippen LogP contribution in [0.1, 0.15) is 52.2 Å². The van der Waals surface area contributed by atoms with Gasteiger partial charge in [-0.25, -0.2) is 9.59 Å². The summed E-state index contributed by atoms with van der Waals surface area (Å²) in [6, 6.07) is 4.31. The number of phenolic OH excluding ortho intramolecular Hbond substituents is 1. The van der Waals surface area contributed by atoms with E-state index in [0.29, 0.717) is 29.6 Å². The predicted molar refractivity (Wildman–Crippen MR) is 152 cm³/mol. The molecule has 0 saturated carbocycles. The molecule has 1 aliphatic rings. The van der Waals surface area contributed by atoms with Gasteiger partial charge in [0.1, 0.15) is 11.5 Å². The molecule has 7 N–H and O–H groups in total. The van der Waals surface area contributed by atoms with Gasteiger partial charge in [0, 0.05) is 36.3 Å². The SMILES string of the molecule is CO/C1=C\[C@H](C)[C@@H](O)c2cc(O)cc(c2)NC(=O)/C(C)=C/CC[C@H](OC)[C@@H](OC(N)=O)/C(C)=C/[C@H](C)[C@H]1OC(N)=O. The Labute approximate surface area is 240 Å². The summed E-state index contributed by atoms with van der Waals surface area (Å²) in [7, 11) is 2.85. The summed E-state index contributed by atoms with van der Waals surface area (Å²) >= 11 is 0. The van der Waals surface area contributed by atoms with Crippen molar-refractivity contribution in [3.8, 4) is 5.75 Å². The van der Waals surface area contributed by atoms with Gasteiger partial charge in [-0.05, 0) is 56.0 Å². The number of hydrogen-bond donors (Lipinski definition) is 5. The number of carbonyl (C=O) groups is 3. The molecule has 0 saturated heterocycles. The van der Waals surface area contributed by atoms with Gasteiger partial charge in [-0.2, -0.15) is 0 Å². The van der Waals surface area contributed by atoms with Gasteiger partial charge in [0.15, 0.2) is 12.2 Å². The van der Waals surface area contributed by atoms with Crippen molar-refractivity contribution < 1.29 is 43.5 Å². The van der Waals surface area contributed by atoms with E-state index in [1.54, 1.807) is 52.0 Å². The first-order valence-electron chi connectivity index (χ1n) is 13.2. The molecule has 226 valence electrons. The van der Waals surface area contributed by atoms with E-state index in [0.717, 1.165) is 0 Å². The maximum absolute atomic E-state index is 12.8. The fourth-order valence-corrected chi connectivity index (χ4v) is 4.72. The second-order valence-corrected chi connectivity index (χ2v) is 10.1. The van der Waals surface area contributed by atoms with Crippen LogP contribution < -0.4 is 16.8 Å². The lowest BCUT2D eigenvalue weighted by atomic mass is 9.92. The summed E-state index contributed by atoms with van der Waals surface area (Å²) < 4.78 is 22.0. The fraction of sp³-hybridized carbons (Fsp3) is 0.483. The number of carbonyl (C=O) groups excluding carboxylic acids is 3. The number of allylic oxidation sites excluding steroid dienone is 1. The number of benzene rings is 1. The van der Waals surface area contributed by atoms with E-state index in [4.69, 9.17) is 30.4 Å². The summed E-state index contributed by atoms with van der Waals surface area (Å²) in [5.74, 6) is -1.51. The summed E-state index contributed by atoms with van der Waals surface area (Å²) in [5.41, 5.74) is 12.3. The molecule has 0 radical (unpaired) electrons. The zero-order valence-electron chi connectivity index (χ0n) is 24.2. The van der Waals surface area contributed by atoms with Crippen LogP contribution in [0.2, 0.25) is 0 Å². The van der Waals surface area contributed by atoms with Crippen LogP contribution >= 0.6 is 0 Å². The number of primary amides is 2. The van der Waals surface area contributed by atoms with Crippen molar-refractivity contribution in [2.75, 3.05) is 19.5 Å². The van der Waals surface area contributed by atoms with Crippen LogP contribution in [0, 0.1) is 11.8 Å². The minimum Gasteiger partial charge on any atom is -0.508 e. The normalized spacial score (nSPS) is 30.3. The Hall–Kier alpha value is -4.03. The van der Waals surface area contributed by atoms with Gasteiger partial charge >= 0.3 is 12.2 Å². The van der Waals surface area contributed by atoms with Crippen molar-refractivity contribution in [3.05, 3.63) is 58.9 Å². The van der Waals surface area contributed by atoms with Crippen LogP contribution in [0.3, 0.4) is 0 Å². The van der Waals surface area contributed by atoms with Gasteiger partial charge in [0.2, 0.25) is 0 Å². The lowest BCUT2D eigenvalue weighted by Crippen LogP contribution is -2.36. The molecule has 3 amide bonds. The first kappa shape index (κ1) is 33.2. The molecule has 1 aromatic carbocycles. The van der Waals surface area contributed by atoms with Crippen LogP contribution in [-0.4, -0.2) is 60.8 Å². The van der Waals surface area contributed by atoms with Crippen molar-refractivity contribution >= 4 is 23.8 Å². The zero-order chi connectivity index (χ0) is 30.9. The van der Waals surface area contributed by atoms with Crippen LogP contribution in [0.4, 0.5) is 15.3 Å². The standard InChI is InChI=1S/C29H41N3O9/c1-15-8-7-9-22(38-5)25(40-28(30)36)17(3)10-18(4)26(41-29(31)37)23(39-6)11-16(2)24(34)19-12-20(32-27(15)35)14-21(33)13-19/h8,10-14,16,18,22,24-26,33-34H,7,9H2,1-6H3,(H2,30,36)(H2,31,37)(H,32,35)/b15-8+,17-10+,23-11-/t16-,18-,22-,24+,25-,26+/m0/s1. The Bertz CT molecular complexity index is 1190. The van der Waals surface area contributed by atoms with Crippen molar-refractivity contribution in [2.45, 2.75) is 65.0 Å². The van der Waals surface area contributed by atoms with E-state index in [1.807, 2.05) is 0 Å². The highest BCUT2D eigenvalue weighted by Crippen LogP contribution is 2.32. The number of anilines is 1. The molecule has 1 aliphatic heterocycles. The van der Waals surface area contributed by atoms with Gasteiger partial charge < -0.3 is 45.9 Å². The maximum Gasteiger partial charge on any atom is 0.405 e. The van der Waals surface area contributed by atoms with E-state index in [1.165, 1.54) is 26.4 Å². The lowest BCUT2D eigenvalue weighted by molar-refractivity contribution is -0.112. The molecule has 0 aromatic heterocycles. The van der Waals surface area contributed by atoms with E-state index in [2.05, 4.69) is 5.32 Å². The summed E-state index contributed by atoms with van der Waals surface area (Å²) in [6.45, 7) is 6.81. The Morgan fingerprint density at radius 3 is 2.20 bits per heavy atom. The van der Waals surface area contributed by atoms with Crippen molar-refractivity contribution in [1.82, 2.24) is 0 Å². The third kappa shape index (κ3) is 9.54. The van der Waals surface area contributed by atoms with Crippen LogP contribution in [0.5, 0.6) is 5.75 Å². The van der Waals surface area contributed by atoms with Crippen molar-refractivity contribution in [1.29, 1.82) is 0 Å². The smallest absolute Gasteiger partial charge is 0.405 e. The molecular weight excluding hydrogens is 534 g/mol. The molecule has 0 unspecified atom stereocenters. The number of ether oxygens (including phenoxy) is 4. The predicted octanol–water partition coefficient (Wildman–Crippen LogP) is 3.80. The molecule has 2 rings (SSSR count). The number of rotatable bonds is 4. The Morgan fingerprint density at radius 2 is 1.61 bits per heavy atom. The number of aromatic hydroxyl groups is 1. The largest absolute Gasteiger partial charge is 0.508 e. The first-order valence-corrected chi connectivity index (χ1v) is 13.2. The number of aliphatic hydroxyl groups excluding tert-OH is 1. The monoisotopic (exact) mass is 575 g/mol. The molecule has 1 heterocycles. The quantitative estimate of drug-likeness (QED) is 0.332. The number of aliphatic hydroxyl groups is 1. The average Bonchev–Trinajstić information content (AvgIpc) is 2.89. The number of hydrogen-bond acceptors (Lipinski definition) is 9. The Balaban J connectivity index is 2.69. The van der Waals surface area contributed by atoms with Gasteiger partial charge in [0.25, 0.3) is 5.91 Å². The highest BCUT2D eigenvalue weighted by Gasteiger charge is 2.31. The minimum absolute atomic E-state index is 0.153. The molecule has 2 bridgehead atoms. The number of fused-ring (bicyclic) bond motifs is 2. The summed E-state index contributed by atoms with van der Waals surface area (Å²) in [4.78, 5) is 36.5. The van der Waals surface area contributed by atoms with Gasteiger partial charge in [-0.15, -0.1) is 0 Å². The van der Waals surface area contributed by atoms with Crippen molar-refractivity contribution in [2.24, 2.45) is 23.3 Å². The van der Waals surface area contributed by atoms with Crippen LogP contribution in [0.25, 0.3) is 0 Å². The van der Waals surface area contributed by atoms with E-state index < -0.39 is 54.3 Å². The number of phenols is 1. The van der Waals surface area contributed by atoms with Gasteiger partial charge in [-0.1, -0.05) is 26.0 Å². The lowest BCUT2D eigenvalue weighted by Gasteiger charge is -2.29. The third-order valence-electron chi connectivity index (χ3n) is 6.82. The molecule has 12 nitrogen and oxygen atoms in total. The van der Waals surface area contributed by atoms with Gasteiger partial charge in [0.05, 0.1) is 19.3 Å². The summed E-state index contributed by atoms with van der Waals surface area (Å²) in [5, 5.41) is 24.1. The molecule has 12 heteroatoms. The van der Waals surface area contributed by atoms with Crippen LogP contribution in [0.15, 0.2) is 53.3 Å². The second-order valence-electron chi connectivity index (χ2n) is 10.1. The van der Waals surface area contributed by atoms with E-state index >= 15 is 0 Å². The topological polar surface area (TPSA) is 193 Å². The first-order chi connectivity index (χ1) is 19.3. The molecule has 1 aromatic rings. The number of nitrogens with two attached hydrogens (primary N) is 2. The second kappa shape index (κ2) is 15.1. The van der Waals surface area contributed by atoms with Crippen LogP contribution in [-0.2, 0) is 23.7 Å². The number of amides is 3. The molecule has 0 spiro atoms. The fourth-order valence-electron chi connectivity index (χ4n) is 4.72. The molecule has 41 heavy (non-hydrogen) atoms. The van der Waals surface area contributed by atoms with E-state index in [-0.39, 0.29) is 17.2 Å². The highest BCUT2D eigenvalue weighted by molar-refractivity contribution is 6.03. The zero-order valence-corrected chi connectivity index (χ0v) is 24.2. The molecule has 0 fully saturated rings. The molecular formula is C29H41N3O9. The molecule has 6 atom stereocenters. The Kier molecular flexibility index (Phi) is 12.2. The average molecular weight is 576 g/mol. The van der Waals surface area contributed by atoms with E-state index in [9.17, 15) is 24.6 Å². The van der Waals surface area contributed by atoms with Gasteiger partial charge in [-0.3, -0.25) is 4.79 Å². The number of nitrogens with one attached hydrogen (secondary N) is 1. The van der Waals surface area contributed by atoms with Crippen molar-refractivity contribution in [3.63, 3.8) is 0 Å². The summed E-state index contributed by atoms with van der Waals surface area (Å²) in [6.07, 6.45) is 0.0643.